The number of aromatic nitrogens is 1. The van der Waals surface area contributed by atoms with Crippen molar-refractivity contribution < 1.29 is 9.53 Å². The molecule has 1 amide bonds. The topological polar surface area (TPSA) is 51.2 Å². The van der Waals surface area contributed by atoms with Gasteiger partial charge in [-0.2, -0.15) is 0 Å². The number of hydrogen-bond donors (Lipinski definition) is 1. The Morgan fingerprint density at radius 1 is 1.26 bits per heavy atom. The van der Waals surface area contributed by atoms with Gasteiger partial charge in [-0.25, -0.2) is 0 Å². The van der Waals surface area contributed by atoms with Gasteiger partial charge in [0.1, 0.15) is 5.75 Å². The number of benzene rings is 1. The third kappa shape index (κ3) is 2.91. The van der Waals surface area contributed by atoms with Crippen LogP contribution in [0.3, 0.4) is 0 Å². The maximum atomic E-state index is 11.0. The van der Waals surface area contributed by atoms with Crippen molar-refractivity contribution in [3.05, 3.63) is 42.2 Å². The predicted molar refractivity (Wildman–Crippen MR) is 75.3 cm³/mol. The van der Waals surface area contributed by atoms with Gasteiger partial charge < -0.3 is 10.1 Å². The van der Waals surface area contributed by atoms with Crippen molar-refractivity contribution in [1.29, 1.82) is 0 Å². The van der Waals surface area contributed by atoms with Crippen molar-refractivity contribution in [1.82, 2.24) is 4.98 Å². The first-order chi connectivity index (χ1) is 9.11. The van der Waals surface area contributed by atoms with E-state index in [1.54, 1.807) is 19.5 Å². The summed E-state index contributed by atoms with van der Waals surface area (Å²) in [7, 11) is 1.63. The van der Waals surface area contributed by atoms with E-state index in [2.05, 4.69) is 10.3 Å². The minimum absolute atomic E-state index is 0.0753. The lowest BCUT2D eigenvalue weighted by atomic mass is 10.0. The van der Waals surface area contributed by atoms with Crippen LogP contribution in [0.1, 0.15) is 12.5 Å². The monoisotopic (exact) mass is 256 g/mol. The Hall–Kier alpha value is -2.36. The van der Waals surface area contributed by atoms with E-state index in [0.717, 1.165) is 28.1 Å². The maximum absolute atomic E-state index is 11.0. The lowest BCUT2D eigenvalue weighted by molar-refractivity contribution is -0.114. The number of amides is 1. The van der Waals surface area contributed by atoms with Gasteiger partial charge >= 0.3 is 0 Å². The van der Waals surface area contributed by atoms with E-state index in [9.17, 15) is 4.79 Å². The van der Waals surface area contributed by atoms with Gasteiger partial charge in [-0.15, -0.1) is 0 Å². The number of hydrogen-bond acceptors (Lipinski definition) is 3. The Balaban J connectivity index is 2.43. The van der Waals surface area contributed by atoms with Gasteiger partial charge in [-0.3, -0.25) is 9.78 Å². The number of rotatable bonds is 3. The quantitative estimate of drug-likeness (QED) is 0.918. The highest BCUT2D eigenvalue weighted by Crippen LogP contribution is 2.32. The number of pyridine rings is 1. The van der Waals surface area contributed by atoms with E-state index in [-0.39, 0.29) is 5.91 Å². The molecular weight excluding hydrogens is 240 g/mol. The molecule has 1 heterocycles. The second-order valence-corrected chi connectivity index (χ2v) is 4.29. The Morgan fingerprint density at radius 3 is 2.68 bits per heavy atom. The summed E-state index contributed by atoms with van der Waals surface area (Å²) in [5.41, 5.74) is 3.91. The molecule has 0 spiro atoms. The molecular formula is C15H16N2O2. The van der Waals surface area contributed by atoms with Gasteiger partial charge in [0.25, 0.3) is 0 Å². The molecule has 2 rings (SSSR count). The molecule has 0 saturated carbocycles. The molecule has 2 aromatic rings. The molecule has 4 heteroatoms. The lowest BCUT2D eigenvalue weighted by Crippen LogP contribution is -2.05. The molecule has 4 nitrogen and oxygen atoms in total. The lowest BCUT2D eigenvalue weighted by Gasteiger charge is -2.12. The highest BCUT2D eigenvalue weighted by atomic mass is 16.5. The van der Waals surface area contributed by atoms with E-state index in [1.165, 1.54) is 6.92 Å². The normalized spacial score (nSPS) is 10.1. The van der Waals surface area contributed by atoms with Crippen LogP contribution < -0.4 is 10.1 Å². The zero-order valence-electron chi connectivity index (χ0n) is 11.2. The van der Waals surface area contributed by atoms with Gasteiger partial charge in [-0.1, -0.05) is 6.07 Å². The summed E-state index contributed by atoms with van der Waals surface area (Å²) in [5, 5.41) is 2.77. The number of ether oxygens (including phenoxy) is 1. The molecule has 0 bridgehead atoms. The van der Waals surface area contributed by atoms with Crippen LogP contribution in [0.5, 0.6) is 5.75 Å². The SMILES string of the molecule is COc1cnccc1-c1ccc(NC(C)=O)cc1C. The molecule has 0 fully saturated rings. The molecule has 0 aliphatic rings. The first-order valence-electron chi connectivity index (χ1n) is 5.98. The number of methoxy groups -OCH3 is 1. The Labute approximate surface area is 112 Å². The maximum Gasteiger partial charge on any atom is 0.221 e. The molecule has 0 aliphatic heterocycles. The number of anilines is 1. The average molecular weight is 256 g/mol. The fourth-order valence-electron chi connectivity index (χ4n) is 2.01. The highest BCUT2D eigenvalue weighted by molar-refractivity contribution is 5.89. The molecule has 0 atom stereocenters. The van der Waals surface area contributed by atoms with E-state index in [4.69, 9.17) is 4.74 Å². The Morgan fingerprint density at radius 2 is 2.05 bits per heavy atom. The van der Waals surface area contributed by atoms with Gasteiger partial charge in [0.05, 0.1) is 13.3 Å². The van der Waals surface area contributed by atoms with E-state index >= 15 is 0 Å². The number of nitrogens with one attached hydrogen (secondary N) is 1. The third-order valence-electron chi connectivity index (χ3n) is 2.84. The fourth-order valence-corrected chi connectivity index (χ4v) is 2.01. The largest absolute Gasteiger partial charge is 0.494 e. The summed E-state index contributed by atoms with van der Waals surface area (Å²) in [6.45, 7) is 3.50. The van der Waals surface area contributed by atoms with Crippen molar-refractivity contribution in [2.24, 2.45) is 0 Å². The van der Waals surface area contributed by atoms with Crippen molar-refractivity contribution in [3.63, 3.8) is 0 Å². The second kappa shape index (κ2) is 5.52. The second-order valence-electron chi connectivity index (χ2n) is 4.29. The number of carbonyl (C=O) groups is 1. The summed E-state index contributed by atoms with van der Waals surface area (Å²) >= 11 is 0. The molecule has 0 radical (unpaired) electrons. The van der Waals surface area contributed by atoms with Gasteiger partial charge in [-0.05, 0) is 36.2 Å². The van der Waals surface area contributed by atoms with Crippen molar-refractivity contribution in [2.75, 3.05) is 12.4 Å². The summed E-state index contributed by atoms with van der Waals surface area (Å²) in [6, 6.07) is 7.71. The third-order valence-corrected chi connectivity index (χ3v) is 2.84. The minimum Gasteiger partial charge on any atom is -0.494 e. The van der Waals surface area contributed by atoms with Crippen LogP contribution >= 0.6 is 0 Å². The molecule has 0 unspecified atom stereocenters. The smallest absolute Gasteiger partial charge is 0.221 e. The van der Waals surface area contributed by atoms with Crippen LogP contribution in [-0.4, -0.2) is 18.0 Å². The summed E-state index contributed by atoms with van der Waals surface area (Å²) in [4.78, 5) is 15.1. The molecule has 0 saturated heterocycles. The standard InChI is InChI=1S/C15H16N2O2/c1-10-8-12(17-11(2)18)4-5-13(10)14-6-7-16-9-15(14)19-3/h4-9H,1-3H3,(H,17,18). The van der Waals surface area contributed by atoms with Crippen molar-refractivity contribution in [3.8, 4) is 16.9 Å². The minimum atomic E-state index is -0.0753. The van der Waals surface area contributed by atoms with Crippen LogP contribution in [0.2, 0.25) is 0 Å². The van der Waals surface area contributed by atoms with E-state index < -0.39 is 0 Å². The zero-order valence-corrected chi connectivity index (χ0v) is 11.2. The van der Waals surface area contributed by atoms with Crippen molar-refractivity contribution >= 4 is 11.6 Å². The van der Waals surface area contributed by atoms with Crippen LogP contribution in [0, 0.1) is 6.92 Å². The van der Waals surface area contributed by atoms with Gasteiger partial charge in [0.15, 0.2) is 0 Å². The number of nitrogens with zero attached hydrogens (tertiary/aromatic N) is 1. The highest BCUT2D eigenvalue weighted by Gasteiger charge is 2.09. The van der Waals surface area contributed by atoms with Crippen LogP contribution in [0.15, 0.2) is 36.7 Å². The molecule has 0 aliphatic carbocycles. The van der Waals surface area contributed by atoms with Crippen molar-refractivity contribution in [2.45, 2.75) is 13.8 Å². The first kappa shape index (κ1) is 13.1. The van der Waals surface area contributed by atoms with Crippen LogP contribution in [-0.2, 0) is 4.79 Å². The fraction of sp³-hybridized carbons (Fsp3) is 0.200. The molecule has 1 N–H and O–H groups in total. The predicted octanol–water partition coefficient (Wildman–Crippen LogP) is 3.02. The van der Waals surface area contributed by atoms with Gasteiger partial charge in [0, 0.05) is 24.4 Å². The average Bonchev–Trinajstić information content (AvgIpc) is 2.38. The Bertz CT molecular complexity index is 609. The number of carbonyl (C=O) groups excluding carboxylic acids is 1. The van der Waals surface area contributed by atoms with Gasteiger partial charge in [0.2, 0.25) is 5.91 Å². The number of aryl methyl sites for hydroxylation is 1. The Kier molecular flexibility index (Phi) is 3.80. The van der Waals surface area contributed by atoms with Crippen LogP contribution in [0.4, 0.5) is 5.69 Å². The zero-order chi connectivity index (χ0) is 13.8. The van der Waals surface area contributed by atoms with E-state index in [1.807, 2.05) is 31.2 Å². The summed E-state index contributed by atoms with van der Waals surface area (Å²) in [6.07, 6.45) is 3.43. The molecule has 19 heavy (non-hydrogen) atoms. The summed E-state index contributed by atoms with van der Waals surface area (Å²) < 4.78 is 5.32. The molecule has 1 aromatic heterocycles. The van der Waals surface area contributed by atoms with Crippen LogP contribution in [0.25, 0.3) is 11.1 Å². The molecule has 98 valence electrons. The van der Waals surface area contributed by atoms with E-state index in [0.29, 0.717) is 0 Å². The summed E-state index contributed by atoms with van der Waals surface area (Å²) in [5.74, 6) is 0.659. The first-order valence-corrected chi connectivity index (χ1v) is 5.98. The molecule has 1 aromatic carbocycles.